The number of hydrogen-bond donors (Lipinski definition) is 1. The summed E-state index contributed by atoms with van der Waals surface area (Å²) in [5, 5.41) is 0. The van der Waals surface area contributed by atoms with Crippen LogP contribution in [-0.2, 0) is 6.54 Å². The number of piperidine rings is 1. The van der Waals surface area contributed by atoms with Crippen LogP contribution < -0.4 is 5.73 Å². The third-order valence-corrected chi connectivity index (χ3v) is 4.09. The van der Waals surface area contributed by atoms with Crippen molar-refractivity contribution in [2.24, 2.45) is 11.7 Å². The Morgan fingerprint density at radius 1 is 1.47 bits per heavy atom. The molecule has 1 amide bonds. The number of carbonyl (C=O) groups is 1. The van der Waals surface area contributed by atoms with E-state index in [1.54, 1.807) is 0 Å². The summed E-state index contributed by atoms with van der Waals surface area (Å²) >= 11 is 0. The number of carbonyl (C=O) groups excluding carboxylic acids is 1. The van der Waals surface area contributed by atoms with E-state index in [9.17, 15) is 4.79 Å². The van der Waals surface area contributed by atoms with E-state index in [1.807, 2.05) is 23.2 Å². The lowest BCUT2D eigenvalue weighted by molar-refractivity contribution is 0.0556. The van der Waals surface area contributed by atoms with Gasteiger partial charge in [0, 0.05) is 25.3 Å². The summed E-state index contributed by atoms with van der Waals surface area (Å²) < 4.78 is 2.06. The Labute approximate surface area is 115 Å². The lowest BCUT2D eigenvalue weighted by atomic mass is 9.93. The maximum absolute atomic E-state index is 12.7. The molecule has 4 nitrogen and oxygen atoms in total. The smallest absolute Gasteiger partial charge is 0.270 e. The molecule has 1 aromatic heterocycles. The van der Waals surface area contributed by atoms with Crippen LogP contribution in [0.15, 0.2) is 18.3 Å². The van der Waals surface area contributed by atoms with Crippen LogP contribution in [0.5, 0.6) is 0 Å². The third kappa shape index (κ3) is 3.00. The van der Waals surface area contributed by atoms with Crippen molar-refractivity contribution in [1.29, 1.82) is 0 Å². The van der Waals surface area contributed by atoms with Crippen LogP contribution in [0.25, 0.3) is 0 Å². The average Bonchev–Trinajstić information content (AvgIpc) is 2.87. The Hall–Kier alpha value is -1.29. The fourth-order valence-corrected chi connectivity index (χ4v) is 2.85. The Balaban J connectivity index is 2.15. The molecule has 4 heteroatoms. The minimum absolute atomic E-state index is 0.157. The minimum Gasteiger partial charge on any atom is -0.344 e. The molecule has 2 rings (SSSR count). The van der Waals surface area contributed by atoms with E-state index in [4.69, 9.17) is 5.73 Å². The number of nitrogens with two attached hydrogens (primary N) is 1. The second-order valence-electron chi connectivity index (χ2n) is 5.57. The van der Waals surface area contributed by atoms with Crippen LogP contribution in [-0.4, -0.2) is 34.5 Å². The summed E-state index contributed by atoms with van der Waals surface area (Å²) in [5.41, 5.74) is 6.58. The first-order valence-corrected chi connectivity index (χ1v) is 7.33. The number of aromatic nitrogens is 1. The first-order chi connectivity index (χ1) is 9.17. The average molecular weight is 263 g/mol. The van der Waals surface area contributed by atoms with Gasteiger partial charge in [-0.3, -0.25) is 4.79 Å². The van der Waals surface area contributed by atoms with E-state index in [2.05, 4.69) is 18.4 Å². The van der Waals surface area contributed by atoms with E-state index in [1.165, 1.54) is 0 Å². The Bertz CT molecular complexity index is 427. The summed E-state index contributed by atoms with van der Waals surface area (Å²) in [6.07, 6.45) is 5.22. The van der Waals surface area contributed by atoms with Gasteiger partial charge in [0.05, 0.1) is 0 Å². The van der Waals surface area contributed by atoms with E-state index in [0.717, 1.165) is 38.0 Å². The monoisotopic (exact) mass is 263 g/mol. The summed E-state index contributed by atoms with van der Waals surface area (Å²) in [7, 11) is 0. The zero-order valence-electron chi connectivity index (χ0n) is 12.0. The summed E-state index contributed by atoms with van der Waals surface area (Å²) in [6, 6.07) is 4.20. The lowest BCUT2D eigenvalue weighted by Gasteiger charge is -2.37. The Morgan fingerprint density at radius 2 is 2.26 bits per heavy atom. The highest BCUT2D eigenvalue weighted by atomic mass is 16.2. The molecule has 1 aliphatic rings. The first kappa shape index (κ1) is 14.1. The second kappa shape index (κ2) is 6.24. The maximum Gasteiger partial charge on any atom is 0.270 e. The number of nitrogens with zero attached hydrogens (tertiary/aromatic N) is 2. The predicted molar refractivity (Wildman–Crippen MR) is 77.0 cm³/mol. The van der Waals surface area contributed by atoms with Crippen molar-refractivity contribution in [3.05, 3.63) is 24.0 Å². The highest BCUT2D eigenvalue weighted by Gasteiger charge is 2.29. The van der Waals surface area contributed by atoms with E-state index in [-0.39, 0.29) is 5.91 Å². The molecule has 0 saturated carbocycles. The SMILES string of the molecule is CCCn1cccc1C(=O)N1CC(CN)CCC1C. The second-order valence-corrected chi connectivity index (χ2v) is 5.57. The zero-order valence-corrected chi connectivity index (χ0v) is 12.0. The van der Waals surface area contributed by atoms with Gasteiger partial charge in [0.15, 0.2) is 0 Å². The number of hydrogen-bond acceptors (Lipinski definition) is 2. The molecule has 2 unspecified atom stereocenters. The number of aryl methyl sites for hydroxylation is 1. The van der Waals surface area contributed by atoms with Gasteiger partial charge in [-0.2, -0.15) is 0 Å². The van der Waals surface area contributed by atoms with Crippen LogP contribution in [0.4, 0.5) is 0 Å². The summed E-state index contributed by atoms with van der Waals surface area (Å²) in [5.74, 6) is 0.610. The number of likely N-dealkylation sites (tertiary alicyclic amines) is 1. The normalized spacial score (nSPS) is 23.6. The molecule has 1 saturated heterocycles. The van der Waals surface area contributed by atoms with Gasteiger partial charge in [0.25, 0.3) is 5.91 Å². The van der Waals surface area contributed by atoms with Gasteiger partial charge >= 0.3 is 0 Å². The van der Waals surface area contributed by atoms with Crippen molar-refractivity contribution >= 4 is 5.91 Å². The molecule has 19 heavy (non-hydrogen) atoms. The highest BCUT2D eigenvalue weighted by Crippen LogP contribution is 2.23. The van der Waals surface area contributed by atoms with Crippen LogP contribution >= 0.6 is 0 Å². The van der Waals surface area contributed by atoms with Crippen LogP contribution in [0.2, 0.25) is 0 Å². The standard InChI is InChI=1S/C15H25N3O/c1-3-8-17-9-4-5-14(17)15(19)18-11-13(10-16)7-6-12(18)2/h4-5,9,12-13H,3,6-8,10-11,16H2,1-2H3. The van der Waals surface area contributed by atoms with Gasteiger partial charge in [-0.1, -0.05) is 6.92 Å². The molecule has 1 aromatic rings. The fourth-order valence-electron chi connectivity index (χ4n) is 2.85. The van der Waals surface area contributed by atoms with Crippen LogP contribution in [0.1, 0.15) is 43.6 Å². The highest BCUT2D eigenvalue weighted by molar-refractivity contribution is 5.93. The maximum atomic E-state index is 12.7. The molecule has 2 heterocycles. The molecule has 2 atom stereocenters. The predicted octanol–water partition coefficient (Wildman–Crippen LogP) is 2.10. The fraction of sp³-hybridized carbons (Fsp3) is 0.667. The summed E-state index contributed by atoms with van der Waals surface area (Å²) in [6.45, 7) is 6.64. The van der Waals surface area contributed by atoms with Crippen molar-refractivity contribution in [2.45, 2.75) is 45.7 Å². The molecule has 0 bridgehead atoms. The largest absolute Gasteiger partial charge is 0.344 e. The van der Waals surface area contributed by atoms with Gasteiger partial charge in [-0.05, 0) is 50.8 Å². The number of rotatable bonds is 4. The molecule has 106 valence electrons. The Morgan fingerprint density at radius 3 is 2.95 bits per heavy atom. The molecule has 0 aromatic carbocycles. The molecule has 1 fully saturated rings. The van der Waals surface area contributed by atoms with Crippen molar-refractivity contribution in [3.63, 3.8) is 0 Å². The lowest BCUT2D eigenvalue weighted by Crippen LogP contribution is -2.47. The van der Waals surface area contributed by atoms with Crippen molar-refractivity contribution in [3.8, 4) is 0 Å². The molecule has 2 N–H and O–H groups in total. The summed E-state index contributed by atoms with van der Waals surface area (Å²) in [4.78, 5) is 14.7. The quantitative estimate of drug-likeness (QED) is 0.904. The van der Waals surface area contributed by atoms with E-state index >= 15 is 0 Å². The molecule has 0 aliphatic carbocycles. The van der Waals surface area contributed by atoms with Crippen molar-refractivity contribution in [1.82, 2.24) is 9.47 Å². The first-order valence-electron chi connectivity index (χ1n) is 7.33. The molecular formula is C15H25N3O. The molecule has 0 spiro atoms. The van der Waals surface area contributed by atoms with Gasteiger partial charge in [-0.25, -0.2) is 0 Å². The minimum atomic E-state index is 0.157. The number of amides is 1. The molecular weight excluding hydrogens is 238 g/mol. The van der Waals surface area contributed by atoms with Gasteiger partial charge in [-0.15, -0.1) is 0 Å². The topological polar surface area (TPSA) is 51.3 Å². The molecule has 0 radical (unpaired) electrons. The van der Waals surface area contributed by atoms with E-state index in [0.29, 0.717) is 18.5 Å². The third-order valence-electron chi connectivity index (χ3n) is 4.09. The van der Waals surface area contributed by atoms with E-state index < -0.39 is 0 Å². The van der Waals surface area contributed by atoms with Gasteiger partial charge < -0.3 is 15.2 Å². The van der Waals surface area contributed by atoms with Crippen LogP contribution in [0.3, 0.4) is 0 Å². The molecule has 1 aliphatic heterocycles. The van der Waals surface area contributed by atoms with Crippen molar-refractivity contribution < 1.29 is 4.79 Å². The van der Waals surface area contributed by atoms with Gasteiger partial charge in [0.1, 0.15) is 5.69 Å². The van der Waals surface area contributed by atoms with Gasteiger partial charge in [0.2, 0.25) is 0 Å². The Kier molecular flexibility index (Phi) is 4.64. The van der Waals surface area contributed by atoms with Crippen molar-refractivity contribution in [2.75, 3.05) is 13.1 Å². The zero-order chi connectivity index (χ0) is 13.8. The van der Waals surface area contributed by atoms with Crippen LogP contribution in [0, 0.1) is 5.92 Å².